The van der Waals surface area contributed by atoms with Crippen LogP contribution in [0.3, 0.4) is 0 Å². The Morgan fingerprint density at radius 2 is 1.80 bits per heavy atom. The molecule has 0 bridgehead atoms. The first-order valence-electron chi connectivity index (χ1n) is 6.12. The smallest absolute Gasteiger partial charge is 0.335 e. The Morgan fingerprint density at radius 3 is 2.40 bits per heavy atom. The van der Waals surface area contributed by atoms with Crippen LogP contribution in [0.4, 0.5) is 0 Å². The molecule has 2 aromatic carbocycles. The molecule has 4 nitrogen and oxygen atoms in total. The highest BCUT2D eigenvalue weighted by Crippen LogP contribution is 2.33. The lowest BCUT2D eigenvalue weighted by molar-refractivity contribution is 0.0696. The number of aromatic carboxylic acids is 1. The molecule has 0 heterocycles. The summed E-state index contributed by atoms with van der Waals surface area (Å²) in [6.45, 7) is 1.97. The summed E-state index contributed by atoms with van der Waals surface area (Å²) in [7, 11) is 3.10. The molecule has 0 amide bonds. The van der Waals surface area contributed by atoms with Crippen molar-refractivity contribution >= 4 is 5.97 Å². The number of hydrogen-bond donors (Lipinski definition) is 1. The number of rotatable bonds is 4. The Labute approximate surface area is 117 Å². The molecular weight excluding hydrogens is 256 g/mol. The Hall–Kier alpha value is -2.49. The average molecular weight is 272 g/mol. The summed E-state index contributed by atoms with van der Waals surface area (Å²) in [5.74, 6) is 0.209. The monoisotopic (exact) mass is 272 g/mol. The largest absolute Gasteiger partial charge is 0.497 e. The Balaban J connectivity index is 2.65. The fourth-order valence-electron chi connectivity index (χ4n) is 2.04. The van der Waals surface area contributed by atoms with Crippen molar-refractivity contribution in [2.75, 3.05) is 14.2 Å². The third kappa shape index (κ3) is 2.74. The van der Waals surface area contributed by atoms with Crippen LogP contribution < -0.4 is 9.47 Å². The van der Waals surface area contributed by atoms with Gasteiger partial charge in [0, 0.05) is 5.56 Å². The van der Waals surface area contributed by atoms with E-state index in [0.717, 1.165) is 16.7 Å². The number of carboxylic acids is 1. The number of aryl methyl sites for hydroxylation is 1. The molecule has 2 aromatic rings. The first kappa shape index (κ1) is 13.9. The summed E-state index contributed by atoms with van der Waals surface area (Å²) in [5, 5.41) is 9.17. The molecule has 4 heteroatoms. The second-order valence-corrected chi connectivity index (χ2v) is 4.46. The van der Waals surface area contributed by atoms with Gasteiger partial charge >= 0.3 is 5.97 Å². The molecule has 0 radical (unpaired) electrons. The minimum atomic E-state index is -0.989. The summed E-state index contributed by atoms with van der Waals surface area (Å²) in [6, 6.07) is 10.7. The van der Waals surface area contributed by atoms with Gasteiger partial charge in [-0.3, -0.25) is 0 Å². The van der Waals surface area contributed by atoms with Gasteiger partial charge in [-0.15, -0.1) is 0 Å². The standard InChI is InChI=1S/C16H16O4/c1-10-4-5-15(20-3)14(6-10)11-7-12(16(17)18)9-13(8-11)19-2/h4-9H,1-3H3,(H,17,18). The molecule has 0 fully saturated rings. The van der Waals surface area contributed by atoms with Crippen LogP contribution in [0.25, 0.3) is 11.1 Å². The molecule has 104 valence electrons. The molecule has 20 heavy (non-hydrogen) atoms. The molecule has 0 aliphatic carbocycles. The van der Waals surface area contributed by atoms with Crippen LogP contribution in [0.15, 0.2) is 36.4 Å². The predicted molar refractivity (Wildman–Crippen MR) is 76.7 cm³/mol. The second-order valence-electron chi connectivity index (χ2n) is 4.46. The maximum Gasteiger partial charge on any atom is 0.335 e. The summed E-state index contributed by atoms with van der Waals surface area (Å²) >= 11 is 0. The van der Waals surface area contributed by atoms with Crippen molar-refractivity contribution in [1.29, 1.82) is 0 Å². The first-order valence-corrected chi connectivity index (χ1v) is 6.12. The minimum absolute atomic E-state index is 0.183. The van der Waals surface area contributed by atoms with E-state index >= 15 is 0 Å². The first-order chi connectivity index (χ1) is 9.55. The molecule has 0 aromatic heterocycles. The molecule has 0 atom stereocenters. The lowest BCUT2D eigenvalue weighted by atomic mass is 10.00. The fourth-order valence-corrected chi connectivity index (χ4v) is 2.04. The highest BCUT2D eigenvalue weighted by atomic mass is 16.5. The van der Waals surface area contributed by atoms with Gasteiger partial charge in [-0.25, -0.2) is 4.79 Å². The van der Waals surface area contributed by atoms with E-state index in [4.69, 9.17) is 9.47 Å². The van der Waals surface area contributed by atoms with Crippen molar-refractivity contribution in [3.8, 4) is 22.6 Å². The number of benzene rings is 2. The maximum atomic E-state index is 11.2. The second kappa shape index (κ2) is 5.65. The molecule has 2 rings (SSSR count). The van der Waals surface area contributed by atoms with Crippen molar-refractivity contribution in [1.82, 2.24) is 0 Å². The number of hydrogen-bond acceptors (Lipinski definition) is 3. The van der Waals surface area contributed by atoms with Crippen molar-refractivity contribution in [2.45, 2.75) is 6.92 Å². The quantitative estimate of drug-likeness (QED) is 0.927. The molecular formula is C16H16O4. The molecule has 0 aliphatic heterocycles. The molecule has 1 N–H and O–H groups in total. The van der Waals surface area contributed by atoms with Gasteiger partial charge < -0.3 is 14.6 Å². The Morgan fingerprint density at radius 1 is 1.05 bits per heavy atom. The number of methoxy groups -OCH3 is 2. The van der Waals surface area contributed by atoms with Crippen molar-refractivity contribution < 1.29 is 19.4 Å². The van der Waals surface area contributed by atoms with E-state index in [1.165, 1.54) is 13.2 Å². The number of carbonyl (C=O) groups is 1. The average Bonchev–Trinajstić information content (AvgIpc) is 2.46. The number of ether oxygens (including phenoxy) is 2. The third-order valence-corrected chi connectivity index (χ3v) is 3.06. The van der Waals surface area contributed by atoms with Gasteiger partial charge in [-0.2, -0.15) is 0 Å². The highest BCUT2D eigenvalue weighted by Gasteiger charge is 2.12. The van der Waals surface area contributed by atoms with Crippen LogP contribution in [0, 0.1) is 6.92 Å². The van der Waals surface area contributed by atoms with Crippen LogP contribution in [-0.4, -0.2) is 25.3 Å². The van der Waals surface area contributed by atoms with Crippen LogP contribution >= 0.6 is 0 Å². The zero-order chi connectivity index (χ0) is 14.7. The van der Waals surface area contributed by atoms with Gasteiger partial charge in [0.15, 0.2) is 0 Å². The molecule has 0 saturated heterocycles. The van der Waals surface area contributed by atoms with Crippen molar-refractivity contribution in [3.05, 3.63) is 47.5 Å². The van der Waals surface area contributed by atoms with E-state index in [2.05, 4.69) is 0 Å². The van der Waals surface area contributed by atoms with Gasteiger partial charge in [-0.1, -0.05) is 11.6 Å². The topological polar surface area (TPSA) is 55.8 Å². The summed E-state index contributed by atoms with van der Waals surface area (Å²) < 4.78 is 10.5. The van der Waals surface area contributed by atoms with E-state index < -0.39 is 5.97 Å². The lowest BCUT2D eigenvalue weighted by Gasteiger charge is -2.12. The highest BCUT2D eigenvalue weighted by molar-refractivity contribution is 5.90. The normalized spacial score (nSPS) is 10.2. The van der Waals surface area contributed by atoms with Gasteiger partial charge in [0.25, 0.3) is 0 Å². The molecule has 0 unspecified atom stereocenters. The summed E-state index contributed by atoms with van der Waals surface area (Å²) in [6.07, 6.45) is 0. The molecule has 0 spiro atoms. The van der Waals surface area contributed by atoms with Gasteiger partial charge in [0.05, 0.1) is 19.8 Å². The van der Waals surface area contributed by atoms with Crippen molar-refractivity contribution in [3.63, 3.8) is 0 Å². The van der Waals surface area contributed by atoms with E-state index in [0.29, 0.717) is 11.5 Å². The van der Waals surface area contributed by atoms with Gasteiger partial charge in [-0.05, 0) is 42.8 Å². The van der Waals surface area contributed by atoms with Crippen LogP contribution in [0.5, 0.6) is 11.5 Å². The summed E-state index contributed by atoms with van der Waals surface area (Å²) in [4.78, 5) is 11.2. The van der Waals surface area contributed by atoms with Crippen LogP contribution in [-0.2, 0) is 0 Å². The van der Waals surface area contributed by atoms with E-state index in [-0.39, 0.29) is 5.56 Å². The SMILES string of the molecule is COc1cc(C(=O)O)cc(-c2cc(C)ccc2OC)c1. The zero-order valence-electron chi connectivity index (χ0n) is 11.6. The lowest BCUT2D eigenvalue weighted by Crippen LogP contribution is -1.98. The zero-order valence-corrected chi connectivity index (χ0v) is 11.6. The Bertz CT molecular complexity index is 647. The molecule has 0 aliphatic rings. The van der Waals surface area contributed by atoms with Gasteiger partial charge in [0.1, 0.15) is 11.5 Å². The third-order valence-electron chi connectivity index (χ3n) is 3.06. The minimum Gasteiger partial charge on any atom is -0.497 e. The van der Waals surface area contributed by atoms with Crippen LogP contribution in [0.1, 0.15) is 15.9 Å². The van der Waals surface area contributed by atoms with Gasteiger partial charge in [0.2, 0.25) is 0 Å². The van der Waals surface area contributed by atoms with Crippen molar-refractivity contribution in [2.24, 2.45) is 0 Å². The number of carboxylic acid groups (broad SMARTS) is 1. The van der Waals surface area contributed by atoms with E-state index in [9.17, 15) is 9.90 Å². The van der Waals surface area contributed by atoms with E-state index in [1.54, 1.807) is 19.2 Å². The van der Waals surface area contributed by atoms with E-state index in [1.807, 2.05) is 25.1 Å². The summed E-state index contributed by atoms with van der Waals surface area (Å²) in [5.41, 5.74) is 2.85. The maximum absolute atomic E-state index is 11.2. The fraction of sp³-hybridized carbons (Fsp3) is 0.188. The predicted octanol–water partition coefficient (Wildman–Crippen LogP) is 3.38. The molecule has 0 saturated carbocycles. The Kier molecular flexibility index (Phi) is 3.94. The van der Waals surface area contributed by atoms with Crippen LogP contribution in [0.2, 0.25) is 0 Å².